The molecule has 5 aromatic rings. The molecule has 2 aromatic heterocycles. The second-order valence-electron chi connectivity index (χ2n) is 9.30. The molecule has 1 atom stereocenters. The van der Waals surface area contributed by atoms with E-state index in [0.29, 0.717) is 34.7 Å². The zero-order valence-electron chi connectivity index (χ0n) is 21.2. The minimum absolute atomic E-state index is 0.343. The molecular weight excluding hydrogens is 466 g/mol. The summed E-state index contributed by atoms with van der Waals surface area (Å²) in [5, 5.41) is 0.475. The Balaban J connectivity index is 1.84. The van der Waals surface area contributed by atoms with E-state index in [2.05, 4.69) is 4.57 Å². The standard InChI is InChI=1S/C30H27N3O4/c1-5-36-22-12-8-6-10-20(22)28-27-26-24(29(34)32(4)30(35)31(26)3)25(19-16-14-18(2)15-17-19)33(27)21-11-7-9-13-23(21)37-28/h6-17,28H,5H2,1-4H3. The van der Waals surface area contributed by atoms with Crippen LogP contribution < -0.4 is 20.7 Å². The lowest BCUT2D eigenvalue weighted by Crippen LogP contribution is -2.37. The van der Waals surface area contributed by atoms with Gasteiger partial charge < -0.3 is 14.0 Å². The van der Waals surface area contributed by atoms with Gasteiger partial charge in [-0.1, -0.05) is 60.2 Å². The Hall–Kier alpha value is -4.52. The Morgan fingerprint density at radius 3 is 2.35 bits per heavy atom. The number of para-hydroxylation sites is 3. The Labute approximate surface area is 213 Å². The van der Waals surface area contributed by atoms with Gasteiger partial charge in [0.2, 0.25) is 0 Å². The van der Waals surface area contributed by atoms with Gasteiger partial charge in [-0.2, -0.15) is 0 Å². The molecule has 37 heavy (non-hydrogen) atoms. The lowest BCUT2D eigenvalue weighted by molar-refractivity contribution is 0.220. The van der Waals surface area contributed by atoms with Crippen molar-refractivity contribution >= 4 is 10.9 Å². The third-order valence-corrected chi connectivity index (χ3v) is 7.03. The van der Waals surface area contributed by atoms with Crippen molar-refractivity contribution in [3.63, 3.8) is 0 Å². The van der Waals surface area contributed by atoms with Gasteiger partial charge in [0.15, 0.2) is 6.10 Å². The summed E-state index contributed by atoms with van der Waals surface area (Å²) in [5.41, 5.74) is 4.89. The molecule has 1 aliphatic heterocycles. The van der Waals surface area contributed by atoms with E-state index in [1.54, 1.807) is 11.6 Å². The fraction of sp³-hybridized carbons (Fsp3) is 0.200. The molecule has 0 saturated heterocycles. The summed E-state index contributed by atoms with van der Waals surface area (Å²) < 4.78 is 17.4. The summed E-state index contributed by atoms with van der Waals surface area (Å²) in [6.45, 7) is 4.46. The van der Waals surface area contributed by atoms with Crippen molar-refractivity contribution in [3.05, 3.63) is 110 Å². The number of hydrogen-bond acceptors (Lipinski definition) is 4. The van der Waals surface area contributed by atoms with Crippen LogP contribution in [0.25, 0.3) is 27.8 Å². The molecule has 0 fully saturated rings. The first kappa shape index (κ1) is 22.9. The number of aryl methyl sites for hydroxylation is 2. The number of fused-ring (bicyclic) bond motifs is 5. The number of ether oxygens (including phenoxy) is 2. The zero-order valence-corrected chi connectivity index (χ0v) is 21.2. The second kappa shape index (κ2) is 8.55. The van der Waals surface area contributed by atoms with Crippen molar-refractivity contribution in [3.8, 4) is 28.4 Å². The molecule has 186 valence electrons. The molecule has 0 saturated carbocycles. The average Bonchev–Trinajstić information content (AvgIpc) is 3.28. The topological polar surface area (TPSA) is 67.4 Å². The van der Waals surface area contributed by atoms with Gasteiger partial charge in [0, 0.05) is 19.7 Å². The second-order valence-corrected chi connectivity index (χ2v) is 9.30. The van der Waals surface area contributed by atoms with Crippen LogP contribution in [0.15, 0.2) is 82.4 Å². The third-order valence-electron chi connectivity index (χ3n) is 7.03. The molecule has 7 heteroatoms. The summed E-state index contributed by atoms with van der Waals surface area (Å²) >= 11 is 0. The molecule has 0 aliphatic carbocycles. The summed E-state index contributed by atoms with van der Waals surface area (Å²) in [7, 11) is 3.22. The maximum atomic E-state index is 13.8. The van der Waals surface area contributed by atoms with E-state index in [4.69, 9.17) is 9.47 Å². The van der Waals surface area contributed by atoms with Crippen LogP contribution >= 0.6 is 0 Å². The van der Waals surface area contributed by atoms with E-state index in [0.717, 1.165) is 28.1 Å². The number of hydrogen-bond donors (Lipinski definition) is 0. The fourth-order valence-corrected chi connectivity index (χ4v) is 5.29. The predicted octanol–water partition coefficient (Wildman–Crippen LogP) is 4.88. The van der Waals surface area contributed by atoms with Gasteiger partial charge in [0.25, 0.3) is 5.56 Å². The molecule has 7 nitrogen and oxygen atoms in total. The largest absolute Gasteiger partial charge is 0.493 e. The van der Waals surface area contributed by atoms with E-state index in [1.807, 2.05) is 86.6 Å². The number of aromatic nitrogens is 3. The van der Waals surface area contributed by atoms with Gasteiger partial charge in [-0.05, 0) is 37.6 Å². The molecule has 6 rings (SSSR count). The molecule has 0 spiro atoms. The van der Waals surface area contributed by atoms with Gasteiger partial charge in [-0.15, -0.1) is 0 Å². The summed E-state index contributed by atoms with van der Waals surface area (Å²) in [6.07, 6.45) is -0.614. The highest BCUT2D eigenvalue weighted by atomic mass is 16.5. The Kier molecular flexibility index (Phi) is 5.30. The van der Waals surface area contributed by atoms with Crippen LogP contribution in [0.3, 0.4) is 0 Å². The van der Waals surface area contributed by atoms with Gasteiger partial charge in [-0.3, -0.25) is 13.9 Å². The van der Waals surface area contributed by atoms with Gasteiger partial charge in [-0.25, -0.2) is 4.79 Å². The quantitative estimate of drug-likeness (QED) is 0.358. The van der Waals surface area contributed by atoms with Crippen molar-refractivity contribution in [1.29, 1.82) is 0 Å². The molecule has 1 aliphatic rings. The Morgan fingerprint density at radius 2 is 1.59 bits per heavy atom. The van der Waals surface area contributed by atoms with E-state index in [9.17, 15) is 9.59 Å². The van der Waals surface area contributed by atoms with Crippen LogP contribution in [0.2, 0.25) is 0 Å². The van der Waals surface area contributed by atoms with E-state index < -0.39 is 11.8 Å². The van der Waals surface area contributed by atoms with Crippen LogP contribution in [-0.4, -0.2) is 20.3 Å². The summed E-state index contributed by atoms with van der Waals surface area (Å²) in [6, 6.07) is 23.6. The zero-order chi connectivity index (χ0) is 25.8. The normalized spacial score (nSPS) is 14.2. The minimum Gasteiger partial charge on any atom is -0.493 e. The predicted molar refractivity (Wildman–Crippen MR) is 144 cm³/mol. The smallest absolute Gasteiger partial charge is 0.331 e. The van der Waals surface area contributed by atoms with E-state index in [-0.39, 0.29) is 5.56 Å². The van der Waals surface area contributed by atoms with Crippen molar-refractivity contribution in [2.75, 3.05) is 6.61 Å². The van der Waals surface area contributed by atoms with Crippen LogP contribution in [0.4, 0.5) is 0 Å². The highest BCUT2D eigenvalue weighted by Crippen LogP contribution is 2.47. The minimum atomic E-state index is -0.614. The van der Waals surface area contributed by atoms with Crippen LogP contribution in [0, 0.1) is 6.92 Å². The monoisotopic (exact) mass is 493 g/mol. The van der Waals surface area contributed by atoms with Crippen LogP contribution in [-0.2, 0) is 14.1 Å². The van der Waals surface area contributed by atoms with Crippen LogP contribution in [0.1, 0.15) is 29.8 Å². The average molecular weight is 494 g/mol. The van der Waals surface area contributed by atoms with Crippen LogP contribution in [0.5, 0.6) is 11.5 Å². The lowest BCUT2D eigenvalue weighted by Gasteiger charge is -2.31. The summed E-state index contributed by atoms with van der Waals surface area (Å²) in [4.78, 5) is 27.0. The van der Waals surface area contributed by atoms with Gasteiger partial charge >= 0.3 is 5.69 Å². The molecule has 1 unspecified atom stereocenters. The van der Waals surface area contributed by atoms with E-state index in [1.165, 1.54) is 11.6 Å². The Morgan fingerprint density at radius 1 is 0.892 bits per heavy atom. The fourth-order valence-electron chi connectivity index (χ4n) is 5.29. The molecule has 0 amide bonds. The number of rotatable bonds is 4. The van der Waals surface area contributed by atoms with Crippen molar-refractivity contribution in [2.45, 2.75) is 20.0 Å². The maximum Gasteiger partial charge on any atom is 0.331 e. The van der Waals surface area contributed by atoms with Gasteiger partial charge in [0.05, 0.1) is 34.6 Å². The van der Waals surface area contributed by atoms with Gasteiger partial charge in [0.1, 0.15) is 11.5 Å². The van der Waals surface area contributed by atoms with E-state index >= 15 is 0 Å². The molecule has 0 N–H and O–H groups in total. The number of benzene rings is 3. The SMILES string of the molecule is CCOc1ccccc1C1Oc2ccccc2-n2c(-c3ccc(C)cc3)c3c(=O)n(C)c(=O)n(C)c3c21. The number of nitrogens with zero attached hydrogens (tertiary/aromatic N) is 3. The highest BCUT2D eigenvalue weighted by Gasteiger charge is 2.37. The molecule has 0 bridgehead atoms. The van der Waals surface area contributed by atoms with Crippen molar-refractivity contribution < 1.29 is 9.47 Å². The highest BCUT2D eigenvalue weighted by molar-refractivity contribution is 5.98. The van der Waals surface area contributed by atoms with Crippen molar-refractivity contribution in [1.82, 2.24) is 13.7 Å². The molecule has 3 aromatic carbocycles. The Bertz CT molecular complexity index is 1790. The first-order valence-electron chi connectivity index (χ1n) is 12.3. The molecular formula is C30H27N3O4. The molecule has 3 heterocycles. The first-order chi connectivity index (χ1) is 17.9. The lowest BCUT2D eigenvalue weighted by atomic mass is 10.0. The summed E-state index contributed by atoms with van der Waals surface area (Å²) in [5.74, 6) is 1.38. The molecule has 0 radical (unpaired) electrons. The first-order valence-corrected chi connectivity index (χ1v) is 12.3. The third kappa shape index (κ3) is 3.34. The van der Waals surface area contributed by atoms with Crippen molar-refractivity contribution in [2.24, 2.45) is 14.1 Å². The maximum absolute atomic E-state index is 13.8.